The largest absolute Gasteiger partial charge is 0.508 e. The number of rotatable bonds is 2. The molecule has 1 aliphatic heterocycles. The second-order valence-electron chi connectivity index (χ2n) is 7.87. The second kappa shape index (κ2) is 6.10. The predicted octanol–water partition coefficient (Wildman–Crippen LogP) is 5.56. The van der Waals surface area contributed by atoms with Gasteiger partial charge in [0.2, 0.25) is 0 Å². The smallest absolute Gasteiger partial charge is 0.115 e. The van der Waals surface area contributed by atoms with E-state index in [0.717, 1.165) is 18.4 Å². The summed E-state index contributed by atoms with van der Waals surface area (Å²) in [5.41, 5.74) is 4.66. The first-order chi connectivity index (χ1) is 11.3. The van der Waals surface area contributed by atoms with Crippen molar-refractivity contribution in [3.05, 3.63) is 71.3 Å². The van der Waals surface area contributed by atoms with Gasteiger partial charge in [0.05, 0.1) is 11.2 Å². The first-order valence-electron chi connectivity index (χ1n) is 8.53. The molecule has 0 radical (unpaired) electrons. The molecular formula is C22H26O2. The van der Waals surface area contributed by atoms with E-state index in [4.69, 9.17) is 4.74 Å². The van der Waals surface area contributed by atoms with Crippen molar-refractivity contribution in [2.75, 3.05) is 0 Å². The van der Waals surface area contributed by atoms with E-state index in [9.17, 15) is 5.11 Å². The molecule has 2 nitrogen and oxygen atoms in total. The molecular weight excluding hydrogens is 296 g/mol. The van der Waals surface area contributed by atoms with Gasteiger partial charge in [0.15, 0.2) is 0 Å². The molecule has 0 amide bonds. The van der Waals surface area contributed by atoms with E-state index in [1.165, 1.54) is 16.7 Å². The van der Waals surface area contributed by atoms with Crippen LogP contribution < -0.4 is 0 Å². The molecule has 1 saturated heterocycles. The summed E-state index contributed by atoms with van der Waals surface area (Å²) in [7, 11) is 0. The van der Waals surface area contributed by atoms with Crippen LogP contribution in [0.1, 0.15) is 51.7 Å². The van der Waals surface area contributed by atoms with Gasteiger partial charge in [-0.05, 0) is 69.4 Å². The maximum absolute atomic E-state index is 9.65. The van der Waals surface area contributed by atoms with E-state index in [0.29, 0.717) is 5.75 Å². The molecule has 0 atom stereocenters. The topological polar surface area (TPSA) is 29.5 Å². The van der Waals surface area contributed by atoms with E-state index in [1.807, 2.05) is 18.2 Å². The summed E-state index contributed by atoms with van der Waals surface area (Å²) in [6, 6.07) is 18.0. The van der Waals surface area contributed by atoms with E-state index in [2.05, 4.69) is 52.0 Å². The van der Waals surface area contributed by atoms with Gasteiger partial charge in [-0.25, -0.2) is 0 Å². The first-order valence-corrected chi connectivity index (χ1v) is 8.53. The molecule has 1 heterocycles. The maximum Gasteiger partial charge on any atom is 0.115 e. The highest BCUT2D eigenvalue weighted by molar-refractivity contribution is 5.82. The number of benzene rings is 2. The highest BCUT2D eigenvalue weighted by Crippen LogP contribution is 2.43. The molecule has 2 aromatic carbocycles. The summed E-state index contributed by atoms with van der Waals surface area (Å²) in [5, 5.41) is 9.65. The van der Waals surface area contributed by atoms with Gasteiger partial charge in [-0.3, -0.25) is 0 Å². The van der Waals surface area contributed by atoms with E-state index in [1.54, 1.807) is 12.1 Å². The summed E-state index contributed by atoms with van der Waals surface area (Å²) in [6.07, 6.45) is 1.81. The number of aromatic hydroxyl groups is 1. The summed E-state index contributed by atoms with van der Waals surface area (Å²) in [4.78, 5) is 0. The third kappa shape index (κ3) is 3.70. The molecule has 0 unspecified atom stereocenters. The molecule has 0 saturated carbocycles. The first kappa shape index (κ1) is 16.8. The Morgan fingerprint density at radius 2 is 1.29 bits per heavy atom. The Labute approximate surface area is 144 Å². The molecule has 126 valence electrons. The average Bonchev–Trinajstić information content (AvgIpc) is 2.47. The van der Waals surface area contributed by atoms with Crippen molar-refractivity contribution in [2.24, 2.45) is 0 Å². The minimum Gasteiger partial charge on any atom is -0.508 e. The van der Waals surface area contributed by atoms with E-state index >= 15 is 0 Å². The molecule has 3 rings (SSSR count). The van der Waals surface area contributed by atoms with Crippen LogP contribution >= 0.6 is 0 Å². The van der Waals surface area contributed by atoms with E-state index < -0.39 is 0 Å². The van der Waals surface area contributed by atoms with Crippen LogP contribution in [0.5, 0.6) is 5.75 Å². The van der Waals surface area contributed by atoms with Crippen LogP contribution in [0.25, 0.3) is 5.57 Å². The molecule has 1 fully saturated rings. The van der Waals surface area contributed by atoms with Crippen LogP contribution in [0, 0.1) is 0 Å². The Kier molecular flexibility index (Phi) is 4.27. The standard InChI is InChI=1S/C22H26O2/c1-21(2)14-18(15-22(3,4)24-21)20(16-8-6-5-7-9-16)17-10-12-19(23)13-11-17/h5-13,23H,14-15H2,1-4H3. The zero-order valence-electron chi connectivity index (χ0n) is 15.0. The molecule has 0 bridgehead atoms. The molecule has 1 N–H and O–H groups in total. The molecule has 0 aromatic heterocycles. The van der Waals surface area contributed by atoms with Crippen molar-refractivity contribution in [1.82, 2.24) is 0 Å². The third-order valence-corrected chi connectivity index (χ3v) is 4.40. The number of hydrogen-bond acceptors (Lipinski definition) is 2. The second-order valence-corrected chi connectivity index (χ2v) is 7.87. The molecule has 0 aliphatic carbocycles. The Balaban J connectivity index is 2.18. The van der Waals surface area contributed by atoms with Crippen LogP contribution in [-0.2, 0) is 4.74 Å². The van der Waals surface area contributed by atoms with Crippen molar-refractivity contribution in [1.29, 1.82) is 0 Å². The highest BCUT2D eigenvalue weighted by atomic mass is 16.5. The summed E-state index contributed by atoms with van der Waals surface area (Å²) < 4.78 is 6.26. The van der Waals surface area contributed by atoms with Crippen LogP contribution in [0.15, 0.2) is 60.2 Å². The van der Waals surface area contributed by atoms with Crippen LogP contribution in [0.4, 0.5) is 0 Å². The van der Waals surface area contributed by atoms with Crippen LogP contribution in [-0.4, -0.2) is 16.3 Å². The summed E-state index contributed by atoms with van der Waals surface area (Å²) in [6.45, 7) is 8.64. The van der Waals surface area contributed by atoms with Gasteiger partial charge >= 0.3 is 0 Å². The van der Waals surface area contributed by atoms with Gasteiger partial charge in [-0.1, -0.05) is 48.0 Å². The van der Waals surface area contributed by atoms with Crippen molar-refractivity contribution < 1.29 is 9.84 Å². The molecule has 24 heavy (non-hydrogen) atoms. The lowest BCUT2D eigenvalue weighted by molar-refractivity contribution is -0.138. The third-order valence-electron chi connectivity index (χ3n) is 4.40. The fourth-order valence-electron chi connectivity index (χ4n) is 3.90. The van der Waals surface area contributed by atoms with Crippen LogP contribution in [0.2, 0.25) is 0 Å². The Morgan fingerprint density at radius 1 is 0.792 bits per heavy atom. The normalized spacial score (nSPS) is 19.1. The number of phenolic OH excluding ortho intramolecular Hbond substituents is 1. The Morgan fingerprint density at radius 3 is 1.83 bits per heavy atom. The summed E-state index contributed by atoms with van der Waals surface area (Å²) >= 11 is 0. The predicted molar refractivity (Wildman–Crippen MR) is 99.0 cm³/mol. The fourth-order valence-corrected chi connectivity index (χ4v) is 3.90. The fraction of sp³-hybridized carbons (Fsp3) is 0.364. The minimum absolute atomic E-state index is 0.186. The van der Waals surface area contributed by atoms with Crippen molar-refractivity contribution >= 4 is 5.57 Å². The lowest BCUT2D eigenvalue weighted by Crippen LogP contribution is -2.42. The Bertz CT molecular complexity index is 719. The maximum atomic E-state index is 9.65. The van der Waals surface area contributed by atoms with Gasteiger partial charge in [-0.2, -0.15) is 0 Å². The van der Waals surface area contributed by atoms with Crippen molar-refractivity contribution in [3.8, 4) is 5.75 Å². The zero-order chi connectivity index (χ0) is 17.4. The average molecular weight is 322 g/mol. The van der Waals surface area contributed by atoms with Gasteiger partial charge in [0.25, 0.3) is 0 Å². The molecule has 1 aliphatic rings. The lowest BCUT2D eigenvalue weighted by Gasteiger charge is -2.43. The zero-order valence-corrected chi connectivity index (χ0v) is 15.0. The Hall–Kier alpha value is -2.06. The van der Waals surface area contributed by atoms with Gasteiger partial charge < -0.3 is 9.84 Å². The quantitative estimate of drug-likeness (QED) is 0.784. The van der Waals surface area contributed by atoms with Crippen molar-refractivity contribution in [2.45, 2.75) is 51.7 Å². The van der Waals surface area contributed by atoms with Gasteiger partial charge in [-0.15, -0.1) is 0 Å². The monoisotopic (exact) mass is 322 g/mol. The SMILES string of the molecule is CC1(C)CC(=C(c2ccccc2)c2ccc(O)cc2)CC(C)(C)O1. The highest BCUT2D eigenvalue weighted by Gasteiger charge is 2.37. The lowest BCUT2D eigenvalue weighted by atomic mass is 9.79. The molecule has 0 spiro atoms. The van der Waals surface area contributed by atoms with Gasteiger partial charge in [0.1, 0.15) is 5.75 Å². The van der Waals surface area contributed by atoms with Crippen LogP contribution in [0.3, 0.4) is 0 Å². The number of phenols is 1. The van der Waals surface area contributed by atoms with Gasteiger partial charge in [0, 0.05) is 0 Å². The van der Waals surface area contributed by atoms with Crippen molar-refractivity contribution in [3.63, 3.8) is 0 Å². The molecule has 2 aromatic rings. The minimum atomic E-state index is -0.186. The number of ether oxygens (including phenoxy) is 1. The molecule has 2 heteroatoms. The number of hydrogen-bond donors (Lipinski definition) is 1. The summed E-state index contributed by atoms with van der Waals surface area (Å²) in [5.74, 6) is 0.295. The van der Waals surface area contributed by atoms with E-state index in [-0.39, 0.29) is 11.2 Å².